The van der Waals surface area contributed by atoms with Crippen LogP contribution in [0, 0.1) is 23.7 Å². The number of Topliss-reactive ketones (excluding diaryl/α,β-unsaturated/α-hetero) is 1. The van der Waals surface area contributed by atoms with E-state index < -0.39 is 6.17 Å². The van der Waals surface area contributed by atoms with E-state index in [-0.39, 0.29) is 35.4 Å². The molecule has 3 aliphatic carbocycles. The van der Waals surface area contributed by atoms with Gasteiger partial charge in [-0.05, 0) is 95.1 Å². The fraction of sp³-hybridized carbons (Fsp3) is 0.833. The van der Waals surface area contributed by atoms with Crippen LogP contribution in [0.2, 0.25) is 0 Å². The predicted molar refractivity (Wildman–Crippen MR) is 138 cm³/mol. The highest BCUT2D eigenvalue weighted by Crippen LogP contribution is 2.42. The van der Waals surface area contributed by atoms with Gasteiger partial charge in [-0.2, -0.15) is 0 Å². The van der Waals surface area contributed by atoms with Crippen LogP contribution in [0.15, 0.2) is 11.1 Å². The van der Waals surface area contributed by atoms with Gasteiger partial charge < -0.3 is 0 Å². The summed E-state index contributed by atoms with van der Waals surface area (Å²) in [6, 6.07) is 0. The van der Waals surface area contributed by atoms with Gasteiger partial charge in [0.1, 0.15) is 12.0 Å². The summed E-state index contributed by atoms with van der Waals surface area (Å²) < 4.78 is 13.4. The number of carbonyl (C=O) groups is 3. The Morgan fingerprint density at radius 3 is 1.69 bits per heavy atom. The quantitative estimate of drug-likeness (QED) is 0.426. The van der Waals surface area contributed by atoms with Crippen molar-refractivity contribution < 1.29 is 18.8 Å². The molecule has 5 aliphatic rings. The Bertz CT molecular complexity index is 802. The molecule has 0 bridgehead atoms. The number of hydrogen-bond donors (Lipinski definition) is 0. The molecule has 0 spiro atoms. The van der Waals surface area contributed by atoms with E-state index in [1.165, 1.54) is 38.5 Å². The van der Waals surface area contributed by atoms with Gasteiger partial charge in [0.05, 0.1) is 6.54 Å². The van der Waals surface area contributed by atoms with Crippen LogP contribution in [0.4, 0.5) is 4.39 Å². The molecular formula is C30H45FN2O3. The van der Waals surface area contributed by atoms with Crippen LogP contribution in [0.5, 0.6) is 0 Å². The normalized spacial score (nSPS) is 30.4. The van der Waals surface area contributed by atoms with Crippen LogP contribution in [0.25, 0.3) is 0 Å². The van der Waals surface area contributed by atoms with Crippen molar-refractivity contribution in [3.63, 3.8) is 0 Å². The molecule has 2 heterocycles. The summed E-state index contributed by atoms with van der Waals surface area (Å²) in [7, 11) is 0. The third kappa shape index (κ3) is 5.79. The van der Waals surface area contributed by atoms with Crippen LogP contribution in [-0.4, -0.2) is 59.7 Å². The second-order valence-electron chi connectivity index (χ2n) is 12.4. The first-order valence-corrected chi connectivity index (χ1v) is 15.0. The van der Waals surface area contributed by atoms with Crippen LogP contribution < -0.4 is 0 Å². The van der Waals surface area contributed by atoms with Crippen LogP contribution in [0.1, 0.15) is 103 Å². The van der Waals surface area contributed by atoms with Crippen molar-refractivity contribution in [2.24, 2.45) is 23.7 Å². The number of piperidine rings is 1. The molecule has 0 unspecified atom stereocenters. The summed E-state index contributed by atoms with van der Waals surface area (Å²) in [5, 5.41) is 0. The minimum absolute atomic E-state index is 0.0218. The van der Waals surface area contributed by atoms with Gasteiger partial charge >= 0.3 is 0 Å². The fourth-order valence-electron chi connectivity index (χ4n) is 7.66. The molecule has 0 radical (unpaired) electrons. The molecular weight excluding hydrogens is 455 g/mol. The Hall–Kier alpha value is -1.56. The molecule has 2 amide bonds. The molecule has 1 saturated heterocycles. The highest BCUT2D eigenvalue weighted by molar-refractivity contribution is 6.19. The Labute approximate surface area is 216 Å². The summed E-state index contributed by atoms with van der Waals surface area (Å²) in [4.78, 5) is 44.0. The maximum absolute atomic E-state index is 13.7. The molecule has 5 rings (SSSR count). The van der Waals surface area contributed by atoms with Gasteiger partial charge in [0.25, 0.3) is 11.8 Å². The number of hydrogen-bond acceptors (Lipinski definition) is 4. The molecule has 0 aromatic rings. The smallest absolute Gasteiger partial charge is 0.257 e. The molecule has 3 saturated carbocycles. The number of carbonyl (C=O) groups excluding carboxylic acids is 3. The SMILES string of the molecule is O=C(CN1CCC(CN2C(=O)C(C3CCCCC3)=C(C3CCCCC3)C2=O)CC1)C1CCC(F)CC1. The zero-order chi connectivity index (χ0) is 25.1. The van der Waals surface area contributed by atoms with Gasteiger partial charge in [-0.3, -0.25) is 24.2 Å². The first-order valence-electron chi connectivity index (χ1n) is 15.0. The molecule has 0 N–H and O–H groups in total. The number of alkyl halides is 1. The van der Waals surface area contributed by atoms with Crippen molar-refractivity contribution in [3.05, 3.63) is 11.1 Å². The molecule has 5 nitrogen and oxygen atoms in total. The minimum atomic E-state index is -0.729. The van der Waals surface area contributed by atoms with Gasteiger partial charge in [-0.15, -0.1) is 0 Å². The topological polar surface area (TPSA) is 57.7 Å². The van der Waals surface area contributed by atoms with Crippen molar-refractivity contribution in [3.8, 4) is 0 Å². The highest BCUT2D eigenvalue weighted by atomic mass is 19.1. The van der Waals surface area contributed by atoms with Crippen molar-refractivity contribution in [2.75, 3.05) is 26.2 Å². The maximum atomic E-state index is 13.7. The van der Waals surface area contributed by atoms with Crippen LogP contribution in [-0.2, 0) is 14.4 Å². The Balaban J connectivity index is 1.18. The van der Waals surface area contributed by atoms with Crippen molar-refractivity contribution >= 4 is 17.6 Å². The first-order chi connectivity index (χ1) is 17.5. The second kappa shape index (κ2) is 11.9. The number of likely N-dealkylation sites (tertiary alicyclic amines) is 1. The van der Waals surface area contributed by atoms with Gasteiger partial charge in [-0.25, -0.2) is 4.39 Å². The van der Waals surface area contributed by atoms with Crippen molar-refractivity contribution in [1.29, 1.82) is 0 Å². The summed E-state index contributed by atoms with van der Waals surface area (Å²) in [6.07, 6.45) is 14.9. The van der Waals surface area contributed by atoms with E-state index in [0.717, 1.165) is 62.8 Å². The lowest BCUT2D eigenvalue weighted by molar-refractivity contribution is -0.139. The third-order valence-corrected chi connectivity index (χ3v) is 9.91. The maximum Gasteiger partial charge on any atom is 0.257 e. The Morgan fingerprint density at radius 2 is 1.19 bits per heavy atom. The molecule has 0 atom stereocenters. The van der Waals surface area contributed by atoms with E-state index in [4.69, 9.17) is 0 Å². The molecule has 200 valence electrons. The van der Waals surface area contributed by atoms with E-state index in [0.29, 0.717) is 44.7 Å². The van der Waals surface area contributed by atoms with Crippen molar-refractivity contribution in [2.45, 2.75) is 109 Å². The van der Waals surface area contributed by atoms with Crippen LogP contribution >= 0.6 is 0 Å². The number of ketones is 1. The van der Waals surface area contributed by atoms with E-state index in [1.807, 2.05) is 0 Å². The number of imide groups is 1. The lowest BCUT2D eigenvalue weighted by atomic mass is 9.76. The van der Waals surface area contributed by atoms with E-state index >= 15 is 0 Å². The molecule has 0 aromatic carbocycles. The molecule has 2 aliphatic heterocycles. The van der Waals surface area contributed by atoms with Crippen LogP contribution in [0.3, 0.4) is 0 Å². The predicted octanol–water partition coefficient (Wildman–Crippen LogP) is 5.62. The summed E-state index contributed by atoms with van der Waals surface area (Å²) in [5.41, 5.74) is 1.80. The van der Waals surface area contributed by atoms with Gasteiger partial charge in [0, 0.05) is 23.6 Å². The monoisotopic (exact) mass is 500 g/mol. The number of halogens is 1. The zero-order valence-corrected chi connectivity index (χ0v) is 22.0. The Kier molecular flexibility index (Phi) is 8.60. The molecule has 6 heteroatoms. The summed E-state index contributed by atoms with van der Waals surface area (Å²) >= 11 is 0. The van der Waals surface area contributed by atoms with E-state index in [2.05, 4.69) is 4.90 Å². The lowest BCUT2D eigenvalue weighted by Gasteiger charge is -2.34. The minimum Gasteiger partial charge on any atom is -0.298 e. The zero-order valence-electron chi connectivity index (χ0n) is 22.0. The average Bonchev–Trinajstić information content (AvgIpc) is 3.16. The van der Waals surface area contributed by atoms with E-state index in [1.54, 1.807) is 4.90 Å². The van der Waals surface area contributed by atoms with Crippen molar-refractivity contribution in [1.82, 2.24) is 9.80 Å². The highest BCUT2D eigenvalue weighted by Gasteiger charge is 2.45. The average molecular weight is 501 g/mol. The fourth-order valence-corrected chi connectivity index (χ4v) is 7.66. The lowest BCUT2D eigenvalue weighted by Crippen LogP contribution is -2.44. The number of amides is 2. The Morgan fingerprint density at radius 1 is 0.694 bits per heavy atom. The first kappa shape index (κ1) is 26.1. The van der Waals surface area contributed by atoms with Gasteiger partial charge in [-0.1, -0.05) is 38.5 Å². The second-order valence-corrected chi connectivity index (χ2v) is 12.4. The molecule has 4 fully saturated rings. The van der Waals surface area contributed by atoms with E-state index in [9.17, 15) is 18.8 Å². The van der Waals surface area contributed by atoms with Gasteiger partial charge in [0.2, 0.25) is 0 Å². The standard InChI is InChI=1S/C30H45FN2O3/c31-25-13-11-22(12-14-25)26(34)20-32-17-15-21(16-18-32)19-33-29(35)27(23-7-3-1-4-8-23)28(30(33)36)24-9-5-2-6-10-24/h21-25H,1-20H2. The summed E-state index contributed by atoms with van der Waals surface area (Å²) in [6.45, 7) is 2.68. The number of nitrogens with zero attached hydrogens (tertiary/aromatic N) is 2. The largest absolute Gasteiger partial charge is 0.298 e. The third-order valence-electron chi connectivity index (χ3n) is 9.91. The number of rotatable bonds is 7. The molecule has 0 aromatic heterocycles. The van der Waals surface area contributed by atoms with Gasteiger partial charge in [0.15, 0.2) is 0 Å². The summed E-state index contributed by atoms with van der Waals surface area (Å²) in [5.74, 6) is 1.20. The molecule has 36 heavy (non-hydrogen) atoms.